The zero-order chi connectivity index (χ0) is 14.4. The third-order valence-corrected chi connectivity index (χ3v) is 3.26. The third kappa shape index (κ3) is 3.78. The van der Waals surface area contributed by atoms with Crippen molar-refractivity contribution in [3.05, 3.63) is 59.7 Å². The van der Waals surface area contributed by atoms with E-state index in [2.05, 4.69) is 17.2 Å². The molecule has 0 amide bonds. The molecule has 20 heavy (non-hydrogen) atoms. The Morgan fingerprint density at radius 1 is 1.25 bits per heavy atom. The van der Waals surface area contributed by atoms with Crippen molar-refractivity contribution >= 4 is 5.69 Å². The highest BCUT2D eigenvalue weighted by Gasteiger charge is 2.14. The van der Waals surface area contributed by atoms with Crippen molar-refractivity contribution in [1.82, 2.24) is 10.3 Å². The predicted octanol–water partition coefficient (Wildman–Crippen LogP) is 3.09. The van der Waals surface area contributed by atoms with Gasteiger partial charge in [0.25, 0.3) is 0 Å². The standard InChI is InChI=1S/C16H20FN3/c1-2-8-20-16(14-11-19-9-7-15(14)18)10-12-3-5-13(17)6-4-12/h3-7,9,11,16,20H,2,8,10H2,1H3,(H2,18,19). The molecule has 0 spiro atoms. The van der Waals surface area contributed by atoms with Gasteiger partial charge in [-0.2, -0.15) is 0 Å². The monoisotopic (exact) mass is 273 g/mol. The molecule has 0 fully saturated rings. The topological polar surface area (TPSA) is 50.9 Å². The first kappa shape index (κ1) is 14.5. The van der Waals surface area contributed by atoms with Crippen LogP contribution in [0.25, 0.3) is 0 Å². The molecular weight excluding hydrogens is 253 g/mol. The molecule has 0 radical (unpaired) electrons. The number of halogens is 1. The van der Waals surface area contributed by atoms with Gasteiger partial charge in [-0.3, -0.25) is 4.98 Å². The SMILES string of the molecule is CCCNC(Cc1ccc(F)cc1)c1cnccc1N. The second-order valence-electron chi connectivity index (χ2n) is 4.84. The minimum atomic E-state index is -0.215. The molecule has 1 aromatic carbocycles. The molecule has 106 valence electrons. The molecule has 3 nitrogen and oxygen atoms in total. The Hall–Kier alpha value is -1.94. The van der Waals surface area contributed by atoms with Gasteiger partial charge in [0.15, 0.2) is 0 Å². The van der Waals surface area contributed by atoms with Gasteiger partial charge in [0.05, 0.1) is 0 Å². The molecule has 3 N–H and O–H groups in total. The Labute approximate surface area is 119 Å². The summed E-state index contributed by atoms with van der Waals surface area (Å²) in [5, 5.41) is 3.48. The Balaban J connectivity index is 2.19. The highest BCUT2D eigenvalue weighted by molar-refractivity contribution is 5.46. The zero-order valence-corrected chi connectivity index (χ0v) is 11.6. The first-order valence-corrected chi connectivity index (χ1v) is 6.88. The van der Waals surface area contributed by atoms with Crippen LogP contribution in [0.5, 0.6) is 0 Å². The number of pyridine rings is 1. The molecule has 0 saturated carbocycles. The number of hydrogen-bond acceptors (Lipinski definition) is 3. The van der Waals surface area contributed by atoms with E-state index in [0.717, 1.165) is 36.2 Å². The molecule has 1 unspecified atom stereocenters. The van der Waals surface area contributed by atoms with Crippen molar-refractivity contribution in [1.29, 1.82) is 0 Å². The molecule has 0 aliphatic carbocycles. The number of anilines is 1. The smallest absolute Gasteiger partial charge is 0.123 e. The largest absolute Gasteiger partial charge is 0.398 e. The molecule has 0 bridgehead atoms. The summed E-state index contributed by atoms with van der Waals surface area (Å²) in [6.45, 7) is 3.02. The van der Waals surface area contributed by atoms with Gasteiger partial charge in [-0.05, 0) is 43.1 Å². The van der Waals surface area contributed by atoms with Crippen LogP contribution in [-0.4, -0.2) is 11.5 Å². The number of nitrogens with two attached hydrogens (primary N) is 1. The van der Waals surface area contributed by atoms with Crippen LogP contribution in [-0.2, 0) is 6.42 Å². The fourth-order valence-corrected chi connectivity index (χ4v) is 2.18. The van der Waals surface area contributed by atoms with Crippen molar-refractivity contribution in [2.75, 3.05) is 12.3 Å². The Morgan fingerprint density at radius 3 is 2.65 bits per heavy atom. The maximum atomic E-state index is 13.0. The summed E-state index contributed by atoms with van der Waals surface area (Å²) in [7, 11) is 0. The van der Waals surface area contributed by atoms with Crippen molar-refractivity contribution in [2.24, 2.45) is 0 Å². The molecule has 1 heterocycles. The van der Waals surface area contributed by atoms with Crippen molar-refractivity contribution in [2.45, 2.75) is 25.8 Å². The normalized spacial score (nSPS) is 12.3. The van der Waals surface area contributed by atoms with Gasteiger partial charge >= 0.3 is 0 Å². The first-order chi connectivity index (χ1) is 9.70. The van der Waals surface area contributed by atoms with Crippen LogP contribution in [0.4, 0.5) is 10.1 Å². The maximum Gasteiger partial charge on any atom is 0.123 e. The predicted molar refractivity (Wildman–Crippen MR) is 79.8 cm³/mol. The van der Waals surface area contributed by atoms with Gasteiger partial charge in [-0.25, -0.2) is 4.39 Å². The second-order valence-corrected chi connectivity index (χ2v) is 4.84. The average Bonchev–Trinajstić information content (AvgIpc) is 2.46. The van der Waals surface area contributed by atoms with Crippen LogP contribution in [0.2, 0.25) is 0 Å². The van der Waals surface area contributed by atoms with Crippen molar-refractivity contribution < 1.29 is 4.39 Å². The molecule has 0 saturated heterocycles. The first-order valence-electron chi connectivity index (χ1n) is 6.88. The number of hydrogen-bond donors (Lipinski definition) is 2. The minimum Gasteiger partial charge on any atom is -0.398 e. The lowest BCUT2D eigenvalue weighted by molar-refractivity contribution is 0.528. The van der Waals surface area contributed by atoms with Crippen LogP contribution >= 0.6 is 0 Å². The Morgan fingerprint density at radius 2 is 2.00 bits per heavy atom. The summed E-state index contributed by atoms with van der Waals surface area (Å²) in [4.78, 5) is 4.15. The lowest BCUT2D eigenvalue weighted by Gasteiger charge is -2.20. The average molecular weight is 273 g/mol. The van der Waals surface area contributed by atoms with Crippen LogP contribution < -0.4 is 11.1 Å². The van der Waals surface area contributed by atoms with E-state index in [9.17, 15) is 4.39 Å². The minimum absolute atomic E-state index is 0.0918. The number of aromatic nitrogens is 1. The summed E-state index contributed by atoms with van der Waals surface area (Å²) in [5.74, 6) is -0.215. The summed E-state index contributed by atoms with van der Waals surface area (Å²) in [5.41, 5.74) is 8.83. The molecular formula is C16H20FN3. The van der Waals surface area contributed by atoms with E-state index in [4.69, 9.17) is 5.73 Å². The van der Waals surface area contributed by atoms with E-state index in [-0.39, 0.29) is 11.9 Å². The van der Waals surface area contributed by atoms with Gasteiger partial charge in [0.2, 0.25) is 0 Å². The van der Waals surface area contributed by atoms with Gasteiger partial charge in [0.1, 0.15) is 5.82 Å². The number of rotatable bonds is 6. The lowest BCUT2D eigenvalue weighted by atomic mass is 9.99. The summed E-state index contributed by atoms with van der Waals surface area (Å²) in [6, 6.07) is 8.48. The van der Waals surface area contributed by atoms with Crippen LogP contribution in [0.3, 0.4) is 0 Å². The van der Waals surface area contributed by atoms with Gasteiger partial charge in [-0.15, -0.1) is 0 Å². The fourth-order valence-electron chi connectivity index (χ4n) is 2.18. The Bertz CT molecular complexity index is 540. The molecule has 2 rings (SSSR count). The van der Waals surface area contributed by atoms with Crippen molar-refractivity contribution in [3.63, 3.8) is 0 Å². The van der Waals surface area contributed by atoms with E-state index >= 15 is 0 Å². The highest BCUT2D eigenvalue weighted by atomic mass is 19.1. The summed E-state index contributed by atoms with van der Waals surface area (Å²) in [6.07, 6.45) is 5.29. The van der Waals surface area contributed by atoms with Gasteiger partial charge < -0.3 is 11.1 Å². The molecule has 1 atom stereocenters. The van der Waals surface area contributed by atoms with E-state index in [1.54, 1.807) is 18.5 Å². The second kappa shape index (κ2) is 7.01. The van der Waals surface area contributed by atoms with E-state index < -0.39 is 0 Å². The van der Waals surface area contributed by atoms with Gasteiger partial charge in [0, 0.05) is 29.7 Å². The molecule has 0 aliphatic rings. The molecule has 4 heteroatoms. The summed E-state index contributed by atoms with van der Waals surface area (Å²) < 4.78 is 13.0. The summed E-state index contributed by atoms with van der Waals surface area (Å²) >= 11 is 0. The fraction of sp³-hybridized carbons (Fsp3) is 0.312. The molecule has 0 aliphatic heterocycles. The quantitative estimate of drug-likeness (QED) is 0.850. The zero-order valence-electron chi connectivity index (χ0n) is 11.6. The highest BCUT2D eigenvalue weighted by Crippen LogP contribution is 2.23. The van der Waals surface area contributed by atoms with E-state index in [1.165, 1.54) is 12.1 Å². The van der Waals surface area contributed by atoms with Crippen LogP contribution in [0, 0.1) is 5.82 Å². The lowest BCUT2D eigenvalue weighted by Crippen LogP contribution is -2.25. The maximum absolute atomic E-state index is 13.0. The van der Waals surface area contributed by atoms with Gasteiger partial charge in [-0.1, -0.05) is 19.1 Å². The number of nitrogens with zero attached hydrogens (tertiary/aromatic N) is 1. The van der Waals surface area contributed by atoms with Crippen LogP contribution in [0.15, 0.2) is 42.7 Å². The van der Waals surface area contributed by atoms with E-state index in [0.29, 0.717) is 0 Å². The van der Waals surface area contributed by atoms with E-state index in [1.807, 2.05) is 12.1 Å². The number of nitrogen functional groups attached to an aromatic ring is 1. The Kier molecular flexibility index (Phi) is 5.07. The number of nitrogens with one attached hydrogen (secondary N) is 1. The van der Waals surface area contributed by atoms with Crippen molar-refractivity contribution in [3.8, 4) is 0 Å². The van der Waals surface area contributed by atoms with Crippen LogP contribution in [0.1, 0.15) is 30.5 Å². The molecule has 1 aromatic heterocycles. The third-order valence-electron chi connectivity index (χ3n) is 3.26. The molecule has 2 aromatic rings. The number of benzene rings is 1.